The fourth-order valence-electron chi connectivity index (χ4n) is 5.49. The van der Waals surface area contributed by atoms with Gasteiger partial charge in [0.15, 0.2) is 0 Å². The molecule has 2 aliphatic rings. The molecule has 1 aliphatic carbocycles. The summed E-state index contributed by atoms with van der Waals surface area (Å²) in [6.45, 7) is 2.05. The van der Waals surface area contributed by atoms with Crippen molar-refractivity contribution in [3.63, 3.8) is 0 Å². The summed E-state index contributed by atoms with van der Waals surface area (Å²) in [7, 11) is 0. The highest BCUT2D eigenvalue weighted by molar-refractivity contribution is 5.79. The third kappa shape index (κ3) is 6.68. The van der Waals surface area contributed by atoms with Gasteiger partial charge in [0.25, 0.3) is 0 Å². The number of ether oxygens (including phenoxy) is 1. The van der Waals surface area contributed by atoms with Gasteiger partial charge in [-0.15, -0.1) is 0 Å². The van der Waals surface area contributed by atoms with Gasteiger partial charge in [-0.1, -0.05) is 31.4 Å². The highest BCUT2D eigenvalue weighted by Gasteiger charge is 2.39. The predicted octanol–water partition coefficient (Wildman–Crippen LogP) is 7.91. The third-order valence-corrected chi connectivity index (χ3v) is 7.57. The van der Waals surface area contributed by atoms with Crippen LogP contribution in [0, 0.1) is 11.7 Å². The van der Waals surface area contributed by atoms with Gasteiger partial charge in [0.2, 0.25) is 5.91 Å². The van der Waals surface area contributed by atoms with Crippen molar-refractivity contribution in [1.29, 1.82) is 0 Å². The Bertz CT molecular complexity index is 1080. The van der Waals surface area contributed by atoms with Crippen LogP contribution in [-0.2, 0) is 21.9 Å². The molecule has 208 valence electrons. The van der Waals surface area contributed by atoms with E-state index in [4.69, 9.17) is 4.74 Å². The lowest BCUT2D eigenvalue weighted by molar-refractivity contribution is -0.143. The van der Waals surface area contributed by atoms with Crippen LogP contribution in [0.4, 0.5) is 30.7 Å². The van der Waals surface area contributed by atoms with Gasteiger partial charge in [-0.25, -0.2) is 4.39 Å². The molecule has 3 nitrogen and oxygen atoms in total. The van der Waals surface area contributed by atoms with Crippen molar-refractivity contribution in [2.24, 2.45) is 5.92 Å². The van der Waals surface area contributed by atoms with E-state index in [0.717, 1.165) is 32.1 Å². The molecular weight excluding hydrogens is 515 g/mol. The van der Waals surface area contributed by atoms with Crippen LogP contribution in [0.1, 0.15) is 79.7 Å². The number of halogens is 7. The lowest BCUT2D eigenvalue weighted by Crippen LogP contribution is -2.48. The van der Waals surface area contributed by atoms with Gasteiger partial charge in [0.1, 0.15) is 5.82 Å². The summed E-state index contributed by atoms with van der Waals surface area (Å²) in [5.41, 5.74) is -2.36. The number of rotatable bonds is 5. The number of hydrogen-bond donors (Lipinski definition) is 0. The summed E-state index contributed by atoms with van der Waals surface area (Å²) in [5.74, 6) is -0.877. The van der Waals surface area contributed by atoms with Gasteiger partial charge >= 0.3 is 12.4 Å². The smallest absolute Gasteiger partial charge is 0.370 e. The van der Waals surface area contributed by atoms with Gasteiger partial charge in [-0.3, -0.25) is 4.79 Å². The molecule has 4 rings (SSSR count). The van der Waals surface area contributed by atoms with Gasteiger partial charge < -0.3 is 9.64 Å². The Balaban J connectivity index is 1.59. The number of piperidine rings is 1. The molecule has 1 saturated heterocycles. The van der Waals surface area contributed by atoms with Crippen LogP contribution in [0.15, 0.2) is 42.5 Å². The maximum atomic E-state index is 13.6. The minimum Gasteiger partial charge on any atom is -0.370 e. The van der Waals surface area contributed by atoms with Gasteiger partial charge in [0, 0.05) is 24.9 Å². The molecule has 2 fully saturated rings. The highest BCUT2D eigenvalue weighted by Crippen LogP contribution is 2.40. The first-order valence-corrected chi connectivity index (χ1v) is 12.8. The molecule has 0 aromatic heterocycles. The summed E-state index contributed by atoms with van der Waals surface area (Å²) >= 11 is 0. The van der Waals surface area contributed by atoms with Crippen LogP contribution in [-0.4, -0.2) is 30.0 Å². The SMILES string of the molecule is C[C@@H](O[C@H]1CCN(C(=O)C2CCCCC2)C[C@@H]1c1ccc(F)cc1)c1cc(C(F)(F)F)cc(C(F)(F)F)c1. The van der Waals surface area contributed by atoms with Crippen LogP contribution < -0.4 is 0 Å². The third-order valence-electron chi connectivity index (χ3n) is 7.57. The van der Waals surface area contributed by atoms with Crippen molar-refractivity contribution in [2.75, 3.05) is 13.1 Å². The minimum absolute atomic E-state index is 0.0519. The van der Waals surface area contributed by atoms with E-state index in [1.807, 2.05) is 0 Å². The van der Waals surface area contributed by atoms with Crippen molar-refractivity contribution in [3.05, 3.63) is 70.5 Å². The number of likely N-dealkylation sites (tertiary alicyclic amines) is 1. The summed E-state index contributed by atoms with van der Waals surface area (Å²) in [6.07, 6.45) is -6.54. The van der Waals surface area contributed by atoms with E-state index in [0.29, 0.717) is 30.7 Å². The van der Waals surface area contributed by atoms with Crippen molar-refractivity contribution in [1.82, 2.24) is 4.90 Å². The summed E-state index contributed by atoms with van der Waals surface area (Å²) in [4.78, 5) is 15.0. The molecule has 0 spiro atoms. The average molecular weight is 546 g/mol. The second kappa shape index (κ2) is 11.2. The summed E-state index contributed by atoms with van der Waals surface area (Å²) < 4.78 is 100.0. The zero-order valence-electron chi connectivity index (χ0n) is 20.9. The van der Waals surface area contributed by atoms with Crippen LogP contribution in [0.3, 0.4) is 0 Å². The lowest BCUT2D eigenvalue weighted by atomic mass is 9.84. The molecule has 0 bridgehead atoms. The maximum Gasteiger partial charge on any atom is 0.416 e. The van der Waals surface area contributed by atoms with Crippen molar-refractivity contribution >= 4 is 5.91 Å². The minimum atomic E-state index is -4.96. The number of benzene rings is 2. The Kier molecular flexibility index (Phi) is 8.40. The first kappa shape index (κ1) is 28.4. The molecule has 0 N–H and O–H groups in total. The van der Waals surface area contributed by atoms with E-state index in [1.54, 1.807) is 17.0 Å². The normalized spacial score (nSPS) is 22.4. The quantitative estimate of drug-likeness (QED) is 0.358. The van der Waals surface area contributed by atoms with E-state index >= 15 is 0 Å². The second-order valence-electron chi connectivity index (χ2n) is 10.2. The van der Waals surface area contributed by atoms with Crippen molar-refractivity contribution < 1.29 is 40.3 Å². The Labute approximate surface area is 217 Å². The fourth-order valence-corrected chi connectivity index (χ4v) is 5.49. The predicted molar refractivity (Wildman–Crippen MR) is 127 cm³/mol. The Morgan fingerprint density at radius 2 is 1.47 bits per heavy atom. The van der Waals surface area contributed by atoms with E-state index in [-0.39, 0.29) is 30.0 Å². The molecular formula is C28H30F7NO2. The second-order valence-corrected chi connectivity index (χ2v) is 10.2. The molecule has 10 heteroatoms. The number of amides is 1. The van der Waals surface area contributed by atoms with Crippen LogP contribution in [0.2, 0.25) is 0 Å². The Morgan fingerprint density at radius 3 is 2.03 bits per heavy atom. The molecule has 1 saturated carbocycles. The number of alkyl halides is 6. The zero-order chi connectivity index (χ0) is 27.7. The van der Waals surface area contributed by atoms with E-state index in [1.165, 1.54) is 19.1 Å². The fraction of sp³-hybridized carbons (Fsp3) is 0.536. The average Bonchev–Trinajstić information content (AvgIpc) is 2.88. The number of carbonyl (C=O) groups excluding carboxylic acids is 1. The molecule has 2 aromatic carbocycles. The first-order valence-electron chi connectivity index (χ1n) is 12.8. The van der Waals surface area contributed by atoms with Crippen molar-refractivity contribution in [3.8, 4) is 0 Å². The summed E-state index contributed by atoms with van der Waals surface area (Å²) in [5, 5.41) is 0. The number of carbonyl (C=O) groups is 1. The summed E-state index contributed by atoms with van der Waals surface area (Å²) in [6, 6.07) is 7.14. The number of hydrogen-bond acceptors (Lipinski definition) is 2. The molecule has 1 aliphatic heterocycles. The van der Waals surface area contributed by atoms with Gasteiger partial charge in [-0.2, -0.15) is 26.3 Å². The molecule has 2 aromatic rings. The molecule has 38 heavy (non-hydrogen) atoms. The molecule has 1 heterocycles. The molecule has 1 amide bonds. The zero-order valence-corrected chi connectivity index (χ0v) is 20.9. The largest absolute Gasteiger partial charge is 0.416 e. The Hall–Kier alpha value is -2.62. The monoisotopic (exact) mass is 545 g/mol. The van der Waals surface area contributed by atoms with Gasteiger partial charge in [0.05, 0.1) is 23.3 Å². The van der Waals surface area contributed by atoms with Crippen LogP contribution >= 0.6 is 0 Å². The first-order chi connectivity index (χ1) is 17.8. The highest BCUT2D eigenvalue weighted by atomic mass is 19.4. The van der Waals surface area contributed by atoms with E-state index in [2.05, 4.69) is 0 Å². The molecule has 0 unspecified atom stereocenters. The topological polar surface area (TPSA) is 29.5 Å². The molecule has 3 atom stereocenters. The Morgan fingerprint density at radius 1 is 0.895 bits per heavy atom. The van der Waals surface area contributed by atoms with E-state index < -0.39 is 47.4 Å². The number of nitrogens with zero attached hydrogens (tertiary/aromatic N) is 1. The lowest BCUT2D eigenvalue weighted by Gasteiger charge is -2.41. The van der Waals surface area contributed by atoms with Crippen LogP contribution in [0.5, 0.6) is 0 Å². The standard InChI is InChI=1S/C28H30F7NO2/c1-17(20-13-21(27(30,31)32)15-22(14-20)28(33,34)35)38-25-11-12-36(26(37)19-5-3-2-4-6-19)16-24(25)18-7-9-23(29)10-8-18/h7-10,13-15,17,19,24-25H,2-6,11-12,16H2,1H3/t17-,24-,25+/m1/s1. The van der Waals surface area contributed by atoms with E-state index in [9.17, 15) is 35.5 Å². The van der Waals surface area contributed by atoms with Crippen molar-refractivity contribution in [2.45, 2.75) is 75.9 Å². The maximum absolute atomic E-state index is 13.6. The van der Waals surface area contributed by atoms with Gasteiger partial charge in [-0.05, 0) is 67.6 Å². The molecule has 0 radical (unpaired) electrons. The van der Waals surface area contributed by atoms with Crippen LogP contribution in [0.25, 0.3) is 0 Å².